The molecular weight excluding hydrogens is 411 g/mol. The Hall–Kier alpha value is -3.61. The van der Waals surface area contributed by atoms with Crippen LogP contribution in [0.2, 0.25) is 0 Å². The Kier molecular flexibility index (Phi) is 6.54. The first kappa shape index (κ1) is 21.6. The predicted octanol–water partition coefficient (Wildman–Crippen LogP) is 4.00. The van der Waals surface area contributed by atoms with E-state index in [0.717, 1.165) is 23.1 Å². The number of nitrogens with one attached hydrogen (secondary N) is 1. The van der Waals surface area contributed by atoms with Gasteiger partial charge in [0.15, 0.2) is 6.61 Å². The number of fused-ring (bicyclic) bond motifs is 1. The zero-order valence-corrected chi connectivity index (χ0v) is 17.8. The van der Waals surface area contributed by atoms with Crippen molar-refractivity contribution in [1.82, 2.24) is 10.2 Å². The van der Waals surface area contributed by atoms with Crippen molar-refractivity contribution in [2.45, 2.75) is 32.4 Å². The molecule has 0 spiro atoms. The molecule has 0 radical (unpaired) electrons. The summed E-state index contributed by atoms with van der Waals surface area (Å²) in [5.74, 6) is 0.645. The molecule has 2 heterocycles. The highest BCUT2D eigenvalue weighted by molar-refractivity contribution is 5.78. The average molecular weight is 436 g/mol. The summed E-state index contributed by atoms with van der Waals surface area (Å²) in [7, 11) is 0. The molecule has 1 N–H and O–H groups in total. The third kappa shape index (κ3) is 4.82. The number of amides is 2. The maximum Gasteiger partial charge on any atom is 0.258 e. The number of ether oxygens (including phenoxy) is 1. The summed E-state index contributed by atoms with van der Waals surface area (Å²) in [4.78, 5) is 26.6. The van der Waals surface area contributed by atoms with Gasteiger partial charge in [0.2, 0.25) is 5.91 Å². The SMILES string of the molecule is CCC(=O)N1CCc2ccc(OCC(=O)NCc3ccco3)cc2C1c1ccc(F)cc1. The van der Waals surface area contributed by atoms with Crippen LogP contribution in [0.4, 0.5) is 4.39 Å². The molecule has 2 aromatic carbocycles. The second-order valence-electron chi connectivity index (χ2n) is 7.65. The van der Waals surface area contributed by atoms with Crippen LogP contribution in [0.3, 0.4) is 0 Å². The monoisotopic (exact) mass is 436 g/mol. The lowest BCUT2D eigenvalue weighted by Crippen LogP contribution is -2.40. The van der Waals surface area contributed by atoms with Crippen molar-refractivity contribution in [1.29, 1.82) is 0 Å². The van der Waals surface area contributed by atoms with E-state index in [4.69, 9.17) is 9.15 Å². The lowest BCUT2D eigenvalue weighted by Gasteiger charge is -2.38. The molecular formula is C25H25FN2O4. The maximum atomic E-state index is 13.5. The third-order valence-corrected chi connectivity index (χ3v) is 5.56. The van der Waals surface area contributed by atoms with Crippen molar-refractivity contribution in [2.75, 3.05) is 13.2 Å². The number of benzene rings is 2. The van der Waals surface area contributed by atoms with Gasteiger partial charge >= 0.3 is 0 Å². The Morgan fingerprint density at radius 1 is 1.19 bits per heavy atom. The first-order chi connectivity index (χ1) is 15.5. The van der Waals surface area contributed by atoms with Crippen LogP contribution in [0.1, 0.15) is 41.8 Å². The molecule has 1 unspecified atom stereocenters. The molecule has 166 valence electrons. The van der Waals surface area contributed by atoms with E-state index >= 15 is 0 Å². The normalized spacial score (nSPS) is 15.2. The number of hydrogen-bond donors (Lipinski definition) is 1. The highest BCUT2D eigenvalue weighted by atomic mass is 19.1. The van der Waals surface area contributed by atoms with Crippen molar-refractivity contribution in [3.05, 3.63) is 89.1 Å². The molecule has 4 rings (SSSR count). The van der Waals surface area contributed by atoms with E-state index in [1.54, 1.807) is 30.5 Å². The molecule has 32 heavy (non-hydrogen) atoms. The molecule has 0 fully saturated rings. The summed E-state index contributed by atoms with van der Waals surface area (Å²) in [5.41, 5.74) is 2.87. The Morgan fingerprint density at radius 2 is 2.00 bits per heavy atom. The summed E-state index contributed by atoms with van der Waals surface area (Å²) < 4.78 is 24.4. The van der Waals surface area contributed by atoms with Gasteiger partial charge in [-0.15, -0.1) is 0 Å². The molecule has 1 aliphatic rings. The van der Waals surface area contributed by atoms with Gasteiger partial charge in [-0.25, -0.2) is 4.39 Å². The van der Waals surface area contributed by atoms with Crippen LogP contribution in [0.15, 0.2) is 65.3 Å². The Labute approximate surface area is 186 Å². The smallest absolute Gasteiger partial charge is 0.258 e. The van der Waals surface area contributed by atoms with E-state index in [1.165, 1.54) is 12.1 Å². The Morgan fingerprint density at radius 3 is 2.72 bits per heavy atom. The van der Waals surface area contributed by atoms with Gasteiger partial charge in [-0.1, -0.05) is 25.1 Å². The van der Waals surface area contributed by atoms with Crippen LogP contribution in [-0.2, 0) is 22.6 Å². The van der Waals surface area contributed by atoms with Gasteiger partial charge in [0.05, 0.1) is 18.8 Å². The summed E-state index contributed by atoms with van der Waals surface area (Å²) in [6.45, 7) is 2.58. The molecule has 0 aliphatic carbocycles. The Balaban J connectivity index is 1.53. The quantitative estimate of drug-likeness (QED) is 0.608. The van der Waals surface area contributed by atoms with Crippen LogP contribution in [0.5, 0.6) is 5.75 Å². The van der Waals surface area contributed by atoms with Gasteiger partial charge in [0.1, 0.15) is 17.3 Å². The molecule has 3 aromatic rings. The molecule has 0 bridgehead atoms. The van der Waals surface area contributed by atoms with Crippen molar-refractivity contribution >= 4 is 11.8 Å². The lowest BCUT2D eigenvalue weighted by atomic mass is 9.87. The first-order valence-electron chi connectivity index (χ1n) is 10.6. The summed E-state index contributed by atoms with van der Waals surface area (Å²) in [6.07, 6.45) is 2.66. The zero-order valence-electron chi connectivity index (χ0n) is 17.8. The summed E-state index contributed by atoms with van der Waals surface area (Å²) in [5, 5.41) is 2.74. The minimum Gasteiger partial charge on any atom is -0.484 e. The lowest BCUT2D eigenvalue weighted by molar-refractivity contribution is -0.133. The summed E-state index contributed by atoms with van der Waals surface area (Å²) >= 11 is 0. The van der Waals surface area contributed by atoms with E-state index in [-0.39, 0.29) is 30.3 Å². The molecule has 1 aliphatic heterocycles. The largest absolute Gasteiger partial charge is 0.484 e. The van der Waals surface area contributed by atoms with Crippen molar-refractivity contribution in [3.8, 4) is 5.75 Å². The second-order valence-corrected chi connectivity index (χ2v) is 7.65. The second kappa shape index (κ2) is 9.68. The standard InChI is InChI=1S/C25H25FN2O4/c1-2-24(30)28-12-11-17-7-10-20(32-16-23(29)27-15-21-4-3-13-31-21)14-22(17)25(28)18-5-8-19(26)9-6-18/h3-10,13-14,25H,2,11-12,15-16H2,1H3,(H,27,29). The van der Waals surface area contributed by atoms with Crippen molar-refractivity contribution < 1.29 is 23.1 Å². The first-order valence-corrected chi connectivity index (χ1v) is 10.6. The van der Waals surface area contributed by atoms with E-state index < -0.39 is 0 Å². The minimum absolute atomic E-state index is 0.0357. The number of halogens is 1. The zero-order chi connectivity index (χ0) is 22.5. The molecule has 1 aromatic heterocycles. The van der Waals surface area contributed by atoms with E-state index in [0.29, 0.717) is 31.0 Å². The minimum atomic E-state index is -0.330. The van der Waals surface area contributed by atoms with Crippen LogP contribution in [0, 0.1) is 5.82 Å². The molecule has 6 nitrogen and oxygen atoms in total. The summed E-state index contributed by atoms with van der Waals surface area (Å²) in [6, 6.07) is 15.1. The van der Waals surface area contributed by atoms with Gasteiger partial charge in [0.25, 0.3) is 5.91 Å². The number of furan rings is 1. The van der Waals surface area contributed by atoms with E-state index in [2.05, 4.69) is 5.32 Å². The average Bonchev–Trinajstić information content (AvgIpc) is 3.34. The van der Waals surface area contributed by atoms with Gasteiger partial charge in [-0.2, -0.15) is 0 Å². The fraction of sp³-hybridized carbons (Fsp3) is 0.280. The number of carbonyl (C=O) groups excluding carboxylic acids is 2. The van der Waals surface area contributed by atoms with E-state index in [1.807, 2.05) is 30.0 Å². The fourth-order valence-corrected chi connectivity index (χ4v) is 3.96. The third-order valence-electron chi connectivity index (χ3n) is 5.56. The van der Waals surface area contributed by atoms with Gasteiger partial charge in [0, 0.05) is 13.0 Å². The highest BCUT2D eigenvalue weighted by Gasteiger charge is 2.31. The molecule has 0 saturated carbocycles. The molecule has 1 atom stereocenters. The van der Waals surface area contributed by atoms with Gasteiger partial charge in [-0.3, -0.25) is 9.59 Å². The predicted molar refractivity (Wildman–Crippen MR) is 116 cm³/mol. The van der Waals surface area contributed by atoms with Crippen molar-refractivity contribution in [2.24, 2.45) is 0 Å². The molecule has 7 heteroatoms. The van der Waals surface area contributed by atoms with E-state index in [9.17, 15) is 14.0 Å². The Bertz CT molecular complexity index is 1080. The fourth-order valence-electron chi connectivity index (χ4n) is 3.96. The maximum absolute atomic E-state index is 13.5. The van der Waals surface area contributed by atoms with Crippen molar-refractivity contribution in [3.63, 3.8) is 0 Å². The van der Waals surface area contributed by atoms with Crippen LogP contribution < -0.4 is 10.1 Å². The van der Waals surface area contributed by atoms with Crippen LogP contribution in [0.25, 0.3) is 0 Å². The number of nitrogens with zero attached hydrogens (tertiary/aromatic N) is 1. The van der Waals surface area contributed by atoms with Gasteiger partial charge in [-0.05, 0) is 59.5 Å². The van der Waals surface area contributed by atoms with Crippen LogP contribution >= 0.6 is 0 Å². The number of carbonyl (C=O) groups is 2. The van der Waals surface area contributed by atoms with Crippen LogP contribution in [-0.4, -0.2) is 29.9 Å². The number of rotatable bonds is 7. The molecule has 0 saturated heterocycles. The molecule has 2 amide bonds. The topological polar surface area (TPSA) is 71.8 Å². The van der Waals surface area contributed by atoms with Gasteiger partial charge < -0.3 is 19.4 Å². The highest BCUT2D eigenvalue weighted by Crippen LogP contribution is 2.37. The number of hydrogen-bond acceptors (Lipinski definition) is 4.